The molecule has 0 bridgehead atoms. The van der Waals surface area contributed by atoms with Crippen LogP contribution in [0.4, 0.5) is 0 Å². The van der Waals surface area contributed by atoms with Crippen molar-refractivity contribution in [2.75, 3.05) is 13.2 Å². The van der Waals surface area contributed by atoms with Gasteiger partial charge in [-0.1, -0.05) is 13.8 Å². The van der Waals surface area contributed by atoms with E-state index in [2.05, 4.69) is 13.8 Å². The number of aliphatic hydroxyl groups excluding tert-OH is 1. The van der Waals surface area contributed by atoms with Crippen LogP contribution < -0.4 is 0 Å². The first kappa shape index (κ1) is 15.2. The predicted octanol–water partition coefficient (Wildman–Crippen LogP) is 1.73. The minimum atomic E-state index is -0.622. The quantitative estimate of drug-likeness (QED) is 0.741. The fourth-order valence-electron chi connectivity index (χ4n) is 3.33. The summed E-state index contributed by atoms with van der Waals surface area (Å²) in [6.45, 7) is 8.74. The van der Waals surface area contributed by atoms with E-state index >= 15 is 0 Å². The summed E-state index contributed by atoms with van der Waals surface area (Å²) >= 11 is 0. The predicted molar refractivity (Wildman–Crippen MR) is 72.9 cm³/mol. The Labute approximate surface area is 116 Å². The van der Waals surface area contributed by atoms with Crippen molar-refractivity contribution in [1.29, 1.82) is 0 Å². The van der Waals surface area contributed by atoms with E-state index in [4.69, 9.17) is 9.47 Å². The van der Waals surface area contributed by atoms with Crippen molar-refractivity contribution < 1.29 is 19.7 Å². The molecular formula is C15H28O4. The van der Waals surface area contributed by atoms with Gasteiger partial charge in [-0.3, -0.25) is 0 Å². The molecule has 0 aromatic carbocycles. The highest BCUT2D eigenvalue weighted by atomic mass is 16.6. The normalized spacial score (nSPS) is 44.5. The molecule has 19 heavy (non-hydrogen) atoms. The molecule has 2 aliphatic carbocycles. The number of hydrogen-bond donors (Lipinski definition) is 2. The molecule has 2 N–H and O–H groups in total. The van der Waals surface area contributed by atoms with Gasteiger partial charge in [0.1, 0.15) is 0 Å². The topological polar surface area (TPSA) is 58.9 Å². The Morgan fingerprint density at radius 3 is 2.16 bits per heavy atom. The lowest BCUT2D eigenvalue weighted by molar-refractivity contribution is -0.217. The molecule has 4 nitrogen and oxygen atoms in total. The molecule has 4 atom stereocenters. The average molecular weight is 272 g/mol. The van der Waals surface area contributed by atoms with Crippen LogP contribution in [0.25, 0.3) is 0 Å². The van der Waals surface area contributed by atoms with Gasteiger partial charge >= 0.3 is 0 Å². The van der Waals surface area contributed by atoms with Gasteiger partial charge in [-0.25, -0.2) is 0 Å². The smallest absolute Gasteiger partial charge is 0.0977 e. The molecule has 0 radical (unpaired) electrons. The van der Waals surface area contributed by atoms with Gasteiger partial charge in [-0.15, -0.1) is 0 Å². The van der Waals surface area contributed by atoms with Gasteiger partial charge in [-0.2, -0.15) is 0 Å². The highest BCUT2D eigenvalue weighted by molar-refractivity contribution is 5.19. The van der Waals surface area contributed by atoms with Crippen LogP contribution >= 0.6 is 0 Å². The largest absolute Gasteiger partial charge is 0.391 e. The molecule has 2 rings (SSSR count). The van der Waals surface area contributed by atoms with Crippen LogP contribution in [0.1, 0.15) is 47.0 Å². The van der Waals surface area contributed by atoms with Gasteiger partial charge in [0.2, 0.25) is 0 Å². The number of rotatable bonds is 7. The molecule has 0 spiro atoms. The second kappa shape index (κ2) is 5.32. The lowest BCUT2D eigenvalue weighted by atomic mass is 9.66. The van der Waals surface area contributed by atoms with Crippen molar-refractivity contribution in [2.45, 2.75) is 70.4 Å². The monoisotopic (exact) mass is 272 g/mol. The first-order valence-corrected chi connectivity index (χ1v) is 7.45. The van der Waals surface area contributed by atoms with Crippen molar-refractivity contribution in [2.24, 2.45) is 11.8 Å². The molecule has 2 saturated carbocycles. The maximum atomic E-state index is 10.6. The highest BCUT2D eigenvalue weighted by Gasteiger charge is 2.68. The molecule has 0 aliphatic heterocycles. The summed E-state index contributed by atoms with van der Waals surface area (Å²) in [5, 5.41) is 19.8. The molecule has 2 aliphatic rings. The number of ether oxygens (including phenoxy) is 2. The van der Waals surface area contributed by atoms with E-state index in [-0.39, 0.29) is 11.7 Å². The first-order chi connectivity index (χ1) is 8.79. The summed E-state index contributed by atoms with van der Waals surface area (Å²) in [4.78, 5) is 0. The van der Waals surface area contributed by atoms with Crippen molar-refractivity contribution >= 4 is 0 Å². The average Bonchev–Trinajstić information content (AvgIpc) is 2.89. The summed E-state index contributed by atoms with van der Waals surface area (Å²) in [6, 6.07) is 0. The summed E-state index contributed by atoms with van der Waals surface area (Å²) in [7, 11) is 0. The Balaban J connectivity index is 1.82. The van der Waals surface area contributed by atoms with E-state index in [0.29, 0.717) is 25.0 Å². The van der Waals surface area contributed by atoms with Gasteiger partial charge in [0.25, 0.3) is 0 Å². The van der Waals surface area contributed by atoms with Crippen LogP contribution in [0.2, 0.25) is 0 Å². The summed E-state index contributed by atoms with van der Waals surface area (Å²) in [5.41, 5.74) is -0.974. The van der Waals surface area contributed by atoms with Gasteiger partial charge in [0.15, 0.2) is 0 Å². The van der Waals surface area contributed by atoms with Gasteiger partial charge < -0.3 is 19.7 Å². The molecule has 112 valence electrons. The maximum Gasteiger partial charge on any atom is 0.0977 e. The van der Waals surface area contributed by atoms with Crippen molar-refractivity contribution in [3.05, 3.63) is 0 Å². The van der Waals surface area contributed by atoms with E-state index in [0.717, 1.165) is 19.3 Å². The molecule has 2 fully saturated rings. The van der Waals surface area contributed by atoms with Gasteiger partial charge in [0.05, 0.1) is 36.6 Å². The third-order valence-electron chi connectivity index (χ3n) is 4.63. The maximum absolute atomic E-state index is 10.6. The van der Waals surface area contributed by atoms with Gasteiger partial charge in [-0.05, 0) is 44.9 Å². The lowest BCUT2D eigenvalue weighted by Gasteiger charge is -2.50. The second-order valence-electron chi connectivity index (χ2n) is 6.84. The minimum absolute atomic E-state index is 0.0555. The third kappa shape index (κ3) is 2.97. The molecule has 4 heteroatoms. The standard InChI is InChI=1S/C15H28O4/c1-10-5-14(6-10,15(17)7-11(15)2)19-9-13(4)18-8-12(3)16/h10-13,16-17H,5-9H2,1-4H3. The van der Waals surface area contributed by atoms with Crippen LogP contribution in [0, 0.1) is 11.8 Å². The molecule has 0 saturated heterocycles. The summed E-state index contributed by atoms with van der Waals surface area (Å²) in [5.74, 6) is 0.971. The van der Waals surface area contributed by atoms with Crippen molar-refractivity contribution in [1.82, 2.24) is 0 Å². The van der Waals surface area contributed by atoms with Crippen LogP contribution in [-0.2, 0) is 9.47 Å². The molecule has 0 amide bonds. The lowest BCUT2D eigenvalue weighted by Crippen LogP contribution is -2.57. The zero-order valence-corrected chi connectivity index (χ0v) is 12.6. The molecule has 0 heterocycles. The fourth-order valence-corrected chi connectivity index (χ4v) is 3.33. The second-order valence-corrected chi connectivity index (χ2v) is 6.84. The minimum Gasteiger partial charge on any atom is -0.391 e. The third-order valence-corrected chi connectivity index (χ3v) is 4.63. The Hall–Kier alpha value is -0.160. The van der Waals surface area contributed by atoms with Crippen LogP contribution in [0.15, 0.2) is 0 Å². The van der Waals surface area contributed by atoms with E-state index in [1.807, 2.05) is 6.92 Å². The van der Waals surface area contributed by atoms with Crippen molar-refractivity contribution in [3.8, 4) is 0 Å². The van der Waals surface area contributed by atoms with E-state index in [1.54, 1.807) is 6.92 Å². The SMILES string of the molecule is CC(O)COC(C)COC1(C2(O)CC2C)CC(C)C1. The Kier molecular flexibility index (Phi) is 4.26. The molecule has 0 aromatic rings. The van der Waals surface area contributed by atoms with E-state index in [9.17, 15) is 10.2 Å². The molecule has 4 unspecified atom stereocenters. The molecular weight excluding hydrogens is 244 g/mol. The Morgan fingerprint density at radius 2 is 1.74 bits per heavy atom. The summed E-state index contributed by atoms with van der Waals surface area (Å²) in [6.07, 6.45) is 2.23. The zero-order chi connectivity index (χ0) is 14.3. The van der Waals surface area contributed by atoms with Crippen molar-refractivity contribution in [3.63, 3.8) is 0 Å². The summed E-state index contributed by atoms with van der Waals surface area (Å²) < 4.78 is 11.6. The number of hydrogen-bond acceptors (Lipinski definition) is 4. The Bertz CT molecular complexity index is 311. The van der Waals surface area contributed by atoms with E-state index < -0.39 is 11.7 Å². The van der Waals surface area contributed by atoms with Crippen LogP contribution in [0.3, 0.4) is 0 Å². The van der Waals surface area contributed by atoms with Gasteiger partial charge in [0, 0.05) is 0 Å². The molecule has 0 aromatic heterocycles. The first-order valence-electron chi connectivity index (χ1n) is 7.45. The fraction of sp³-hybridized carbons (Fsp3) is 1.00. The van der Waals surface area contributed by atoms with Crippen LogP contribution in [-0.4, -0.2) is 46.8 Å². The Morgan fingerprint density at radius 1 is 1.16 bits per heavy atom. The van der Waals surface area contributed by atoms with E-state index in [1.165, 1.54) is 0 Å². The van der Waals surface area contributed by atoms with Crippen LogP contribution in [0.5, 0.6) is 0 Å². The number of aliphatic hydroxyl groups is 2. The highest BCUT2D eigenvalue weighted by Crippen LogP contribution is 2.61. The zero-order valence-electron chi connectivity index (χ0n) is 12.6.